The third-order valence-corrected chi connectivity index (χ3v) is 4.22. The Balaban J connectivity index is 1.79. The third kappa shape index (κ3) is 4.23. The number of amides is 2. The topological polar surface area (TPSA) is 84.2 Å². The van der Waals surface area contributed by atoms with Crippen LogP contribution in [-0.4, -0.2) is 17.0 Å². The zero-order valence-electron chi connectivity index (χ0n) is 15.7. The SMILES string of the molecule is Cc1cc(C)cc(C(=O)Nc2ccc(C)c(NC(=O)c3cnoc3C)c2)c1. The number of nitrogens with one attached hydrogen (secondary N) is 2. The van der Waals surface area contributed by atoms with Gasteiger partial charge in [-0.05, 0) is 57.5 Å². The molecule has 0 saturated carbocycles. The van der Waals surface area contributed by atoms with E-state index >= 15 is 0 Å². The fourth-order valence-electron chi connectivity index (χ4n) is 2.85. The van der Waals surface area contributed by atoms with E-state index in [9.17, 15) is 9.59 Å². The number of carbonyl (C=O) groups is 2. The lowest BCUT2D eigenvalue weighted by Gasteiger charge is -2.12. The Labute approximate surface area is 157 Å². The van der Waals surface area contributed by atoms with Crippen LogP contribution >= 0.6 is 0 Å². The molecule has 0 atom stereocenters. The number of nitrogens with zero attached hydrogens (tertiary/aromatic N) is 1. The van der Waals surface area contributed by atoms with Crippen molar-refractivity contribution >= 4 is 23.2 Å². The molecule has 0 saturated heterocycles. The van der Waals surface area contributed by atoms with Crippen LogP contribution in [-0.2, 0) is 0 Å². The molecule has 138 valence electrons. The minimum Gasteiger partial charge on any atom is -0.361 e. The van der Waals surface area contributed by atoms with Crippen molar-refractivity contribution < 1.29 is 14.1 Å². The van der Waals surface area contributed by atoms with Gasteiger partial charge < -0.3 is 15.2 Å². The van der Waals surface area contributed by atoms with Gasteiger partial charge in [-0.2, -0.15) is 0 Å². The summed E-state index contributed by atoms with van der Waals surface area (Å²) < 4.78 is 4.93. The van der Waals surface area contributed by atoms with E-state index in [0.29, 0.717) is 28.3 Å². The van der Waals surface area contributed by atoms with Crippen molar-refractivity contribution in [2.75, 3.05) is 10.6 Å². The van der Waals surface area contributed by atoms with Gasteiger partial charge in [0.15, 0.2) is 0 Å². The predicted molar refractivity (Wildman–Crippen MR) is 104 cm³/mol. The highest BCUT2D eigenvalue weighted by Gasteiger charge is 2.15. The molecule has 27 heavy (non-hydrogen) atoms. The predicted octanol–water partition coefficient (Wildman–Crippen LogP) is 4.41. The first-order valence-corrected chi connectivity index (χ1v) is 8.56. The zero-order valence-corrected chi connectivity index (χ0v) is 15.7. The first kappa shape index (κ1) is 18.4. The summed E-state index contributed by atoms with van der Waals surface area (Å²) in [6.45, 7) is 7.47. The molecule has 3 rings (SSSR count). The van der Waals surface area contributed by atoms with Gasteiger partial charge in [0.05, 0.1) is 6.20 Å². The van der Waals surface area contributed by atoms with E-state index in [1.54, 1.807) is 19.1 Å². The molecule has 0 fully saturated rings. The van der Waals surface area contributed by atoms with E-state index in [4.69, 9.17) is 4.52 Å². The molecular weight excluding hydrogens is 342 g/mol. The Morgan fingerprint density at radius 3 is 2.22 bits per heavy atom. The Bertz CT molecular complexity index is 1000. The van der Waals surface area contributed by atoms with Crippen LogP contribution in [0.1, 0.15) is 43.2 Å². The minimum absolute atomic E-state index is 0.196. The van der Waals surface area contributed by atoms with E-state index < -0.39 is 0 Å². The second kappa shape index (κ2) is 7.45. The summed E-state index contributed by atoms with van der Waals surface area (Å²) in [5.74, 6) is -0.0585. The van der Waals surface area contributed by atoms with Gasteiger partial charge in [-0.1, -0.05) is 28.4 Å². The standard InChI is InChI=1S/C21H21N3O3/c1-12-7-13(2)9-16(8-12)20(25)23-17-6-5-14(3)19(10-17)24-21(26)18-11-22-27-15(18)4/h5-11H,1-4H3,(H,23,25)(H,24,26). The number of anilines is 2. The van der Waals surface area contributed by atoms with Gasteiger partial charge >= 0.3 is 0 Å². The van der Waals surface area contributed by atoms with Crippen molar-refractivity contribution in [3.63, 3.8) is 0 Å². The van der Waals surface area contributed by atoms with E-state index in [0.717, 1.165) is 16.7 Å². The van der Waals surface area contributed by atoms with Crippen molar-refractivity contribution in [1.82, 2.24) is 5.16 Å². The summed E-state index contributed by atoms with van der Waals surface area (Å²) in [7, 11) is 0. The van der Waals surface area contributed by atoms with E-state index in [1.807, 2.05) is 45.0 Å². The highest BCUT2D eigenvalue weighted by molar-refractivity contribution is 6.07. The Morgan fingerprint density at radius 1 is 0.889 bits per heavy atom. The van der Waals surface area contributed by atoms with Crippen LogP contribution in [0, 0.1) is 27.7 Å². The van der Waals surface area contributed by atoms with Gasteiger partial charge in [0.2, 0.25) is 0 Å². The first-order valence-electron chi connectivity index (χ1n) is 8.56. The van der Waals surface area contributed by atoms with Gasteiger partial charge in [0, 0.05) is 16.9 Å². The molecule has 2 aromatic carbocycles. The van der Waals surface area contributed by atoms with Gasteiger partial charge in [0.1, 0.15) is 11.3 Å². The highest BCUT2D eigenvalue weighted by Crippen LogP contribution is 2.22. The average molecular weight is 363 g/mol. The maximum atomic E-state index is 12.5. The quantitative estimate of drug-likeness (QED) is 0.719. The molecule has 3 aromatic rings. The van der Waals surface area contributed by atoms with Gasteiger partial charge in [0.25, 0.3) is 11.8 Å². The Hall–Kier alpha value is -3.41. The summed E-state index contributed by atoms with van der Waals surface area (Å²) in [6, 6.07) is 11.1. The number of aryl methyl sites for hydroxylation is 4. The third-order valence-electron chi connectivity index (χ3n) is 4.22. The minimum atomic E-state index is -0.311. The van der Waals surface area contributed by atoms with Gasteiger partial charge in [-0.25, -0.2) is 0 Å². The largest absolute Gasteiger partial charge is 0.361 e. The molecule has 6 nitrogen and oxygen atoms in total. The fourth-order valence-corrected chi connectivity index (χ4v) is 2.85. The van der Waals surface area contributed by atoms with Crippen molar-refractivity contribution in [2.45, 2.75) is 27.7 Å². The van der Waals surface area contributed by atoms with Crippen molar-refractivity contribution in [3.8, 4) is 0 Å². The second-order valence-electron chi connectivity index (χ2n) is 6.61. The van der Waals surface area contributed by atoms with E-state index in [2.05, 4.69) is 15.8 Å². The lowest BCUT2D eigenvalue weighted by molar-refractivity contribution is 0.101. The normalized spacial score (nSPS) is 10.5. The number of hydrogen-bond acceptors (Lipinski definition) is 4. The van der Waals surface area contributed by atoms with Crippen molar-refractivity contribution in [2.24, 2.45) is 0 Å². The van der Waals surface area contributed by atoms with Gasteiger partial charge in [-0.15, -0.1) is 0 Å². The van der Waals surface area contributed by atoms with Crippen LogP contribution < -0.4 is 10.6 Å². The zero-order chi connectivity index (χ0) is 19.6. The van der Waals surface area contributed by atoms with Crippen LogP contribution in [0.2, 0.25) is 0 Å². The molecule has 1 aromatic heterocycles. The Morgan fingerprint density at radius 2 is 1.59 bits per heavy atom. The molecule has 2 N–H and O–H groups in total. The van der Waals surface area contributed by atoms with E-state index in [1.165, 1.54) is 6.20 Å². The highest BCUT2D eigenvalue weighted by atomic mass is 16.5. The smallest absolute Gasteiger partial charge is 0.260 e. The van der Waals surface area contributed by atoms with Crippen LogP contribution in [0.4, 0.5) is 11.4 Å². The van der Waals surface area contributed by atoms with E-state index in [-0.39, 0.29) is 11.8 Å². The van der Waals surface area contributed by atoms with Crippen molar-refractivity contribution in [1.29, 1.82) is 0 Å². The summed E-state index contributed by atoms with van der Waals surface area (Å²) in [6.07, 6.45) is 1.38. The average Bonchev–Trinajstić information content (AvgIpc) is 3.03. The van der Waals surface area contributed by atoms with Crippen LogP contribution in [0.15, 0.2) is 47.1 Å². The van der Waals surface area contributed by atoms with Crippen molar-refractivity contribution in [3.05, 3.63) is 76.2 Å². The Kier molecular flexibility index (Phi) is 5.07. The molecule has 0 radical (unpaired) electrons. The molecule has 0 unspecified atom stereocenters. The molecular formula is C21H21N3O3. The maximum Gasteiger partial charge on any atom is 0.260 e. The molecule has 1 heterocycles. The molecule has 6 heteroatoms. The summed E-state index contributed by atoms with van der Waals surface area (Å²) in [5, 5.41) is 9.33. The lowest BCUT2D eigenvalue weighted by Crippen LogP contribution is -2.15. The fraction of sp³-hybridized carbons (Fsp3) is 0.190. The van der Waals surface area contributed by atoms with Crippen LogP contribution in [0.5, 0.6) is 0 Å². The number of hydrogen-bond donors (Lipinski definition) is 2. The number of rotatable bonds is 4. The van der Waals surface area contributed by atoms with Crippen LogP contribution in [0.3, 0.4) is 0 Å². The number of aromatic nitrogens is 1. The second-order valence-corrected chi connectivity index (χ2v) is 6.61. The number of carbonyl (C=O) groups excluding carboxylic acids is 2. The summed E-state index contributed by atoms with van der Waals surface area (Å²) in [4.78, 5) is 24.9. The molecule has 0 aliphatic heterocycles. The first-order chi connectivity index (χ1) is 12.8. The molecule has 0 spiro atoms. The molecule has 0 aliphatic rings. The molecule has 2 amide bonds. The number of benzene rings is 2. The summed E-state index contributed by atoms with van der Waals surface area (Å²) >= 11 is 0. The lowest BCUT2D eigenvalue weighted by atomic mass is 10.1. The molecule has 0 bridgehead atoms. The molecule has 0 aliphatic carbocycles. The van der Waals surface area contributed by atoms with Gasteiger partial charge in [-0.3, -0.25) is 9.59 Å². The maximum absolute atomic E-state index is 12.5. The summed E-state index contributed by atoms with van der Waals surface area (Å²) in [5.41, 5.74) is 5.11. The van der Waals surface area contributed by atoms with Crippen LogP contribution in [0.25, 0.3) is 0 Å². The monoisotopic (exact) mass is 363 g/mol.